The lowest BCUT2D eigenvalue weighted by Gasteiger charge is -1.98. The monoisotopic (exact) mass is 155 g/mol. The lowest BCUT2D eigenvalue weighted by molar-refractivity contribution is 0.0917. The Kier molecular flexibility index (Phi) is 1.91. The van der Waals surface area contributed by atoms with E-state index >= 15 is 0 Å². The molecule has 1 rings (SSSR count). The summed E-state index contributed by atoms with van der Waals surface area (Å²) in [4.78, 5) is 21.5. The van der Waals surface area contributed by atoms with Gasteiger partial charge in [-0.1, -0.05) is 0 Å². The lowest BCUT2D eigenvalue weighted by atomic mass is 10.4. The van der Waals surface area contributed by atoms with Gasteiger partial charge in [-0.2, -0.15) is 0 Å². The molecule has 0 unspecified atom stereocenters. The van der Waals surface area contributed by atoms with E-state index in [1.165, 1.54) is 13.0 Å². The summed E-state index contributed by atoms with van der Waals surface area (Å²) >= 11 is 0. The first-order valence-corrected chi connectivity index (χ1v) is 3.17. The smallest absolute Gasteiger partial charge is 0.264 e. The number of hydrogen-bond acceptors (Lipinski definition) is 3. The summed E-state index contributed by atoms with van der Waals surface area (Å²) in [5, 5.41) is 2.33. The molecule has 0 aliphatic carbocycles. The summed E-state index contributed by atoms with van der Waals surface area (Å²) in [5.74, 6) is -0.243. The third-order valence-electron chi connectivity index (χ3n) is 1.33. The maximum absolute atomic E-state index is 10.8. The average molecular weight is 155 g/mol. The molecule has 0 atom stereocenters. The Morgan fingerprint density at radius 2 is 2.45 bits per heavy atom. The molecule has 1 heterocycles. The Balaban J connectivity index is 3.23. The molecule has 0 aliphatic heterocycles. The number of carbonyl (C=O) groups is 1. The Morgan fingerprint density at radius 1 is 1.82 bits per heavy atom. The number of hydrogen-bond donors (Lipinski definition) is 2. The first kappa shape index (κ1) is 7.74. The Morgan fingerprint density at radius 3 is 2.82 bits per heavy atom. The summed E-state index contributed by atoms with van der Waals surface area (Å²) in [6.07, 6.45) is 0. The molecule has 0 saturated carbocycles. The van der Waals surface area contributed by atoms with Gasteiger partial charge in [0.15, 0.2) is 0 Å². The van der Waals surface area contributed by atoms with Gasteiger partial charge in [0.1, 0.15) is 0 Å². The van der Waals surface area contributed by atoms with E-state index in [4.69, 9.17) is 5.73 Å². The zero-order valence-corrected chi connectivity index (χ0v) is 6.13. The van der Waals surface area contributed by atoms with Gasteiger partial charge in [-0.05, 0) is 0 Å². The Bertz CT molecular complexity index is 323. The summed E-state index contributed by atoms with van der Waals surface area (Å²) in [7, 11) is 0. The average Bonchev–Trinajstić information content (AvgIpc) is 2.30. The fourth-order valence-corrected chi connectivity index (χ4v) is 0.861. The van der Waals surface area contributed by atoms with Gasteiger partial charge in [0.05, 0.1) is 5.69 Å². The molecule has 0 amide bonds. The molecule has 0 aliphatic rings. The lowest BCUT2D eigenvalue weighted by Crippen LogP contribution is -2.15. The van der Waals surface area contributed by atoms with Crippen LogP contribution in [0.25, 0.3) is 0 Å². The number of H-pyrrole nitrogens is 1. The van der Waals surface area contributed by atoms with Crippen LogP contribution in [0.3, 0.4) is 0 Å². The second-order valence-corrected chi connectivity index (χ2v) is 2.17. The Hall–Kier alpha value is -1.36. The van der Waals surface area contributed by atoms with Crippen molar-refractivity contribution in [3.8, 4) is 0 Å². The second kappa shape index (κ2) is 2.71. The van der Waals surface area contributed by atoms with Crippen molar-refractivity contribution in [3.05, 3.63) is 22.1 Å². The molecule has 0 bridgehead atoms. The largest absolute Gasteiger partial charge is 0.325 e. The van der Waals surface area contributed by atoms with Crippen molar-refractivity contribution in [2.45, 2.75) is 13.5 Å². The summed E-state index contributed by atoms with van der Waals surface area (Å²) in [6, 6.07) is 1.31. The molecule has 0 spiro atoms. The molecule has 1 aromatic heterocycles. The van der Waals surface area contributed by atoms with E-state index in [-0.39, 0.29) is 18.0 Å². The third-order valence-corrected chi connectivity index (χ3v) is 1.33. The Labute approximate surface area is 62.8 Å². The van der Waals surface area contributed by atoms with Gasteiger partial charge in [0.25, 0.3) is 5.56 Å². The number of carbonyl (C=O) groups excluding carboxylic acids is 1. The predicted molar refractivity (Wildman–Crippen MR) is 39.2 cm³/mol. The first-order chi connectivity index (χ1) is 5.15. The van der Waals surface area contributed by atoms with E-state index in [0.717, 1.165) is 4.68 Å². The zero-order chi connectivity index (χ0) is 8.43. The third kappa shape index (κ3) is 1.38. The van der Waals surface area contributed by atoms with Gasteiger partial charge >= 0.3 is 0 Å². The minimum absolute atomic E-state index is 0.179. The van der Waals surface area contributed by atoms with Crippen molar-refractivity contribution in [3.63, 3.8) is 0 Å². The summed E-state index contributed by atoms with van der Waals surface area (Å²) in [6.45, 7) is 1.54. The number of rotatable bonds is 1. The van der Waals surface area contributed by atoms with E-state index in [1.54, 1.807) is 0 Å². The quantitative estimate of drug-likeness (QED) is 0.562. The zero-order valence-electron chi connectivity index (χ0n) is 6.13. The van der Waals surface area contributed by atoms with Crippen LogP contribution >= 0.6 is 0 Å². The van der Waals surface area contributed by atoms with Gasteiger partial charge in [-0.3, -0.25) is 14.7 Å². The molecule has 3 N–H and O–H groups in total. The molecular weight excluding hydrogens is 146 g/mol. The minimum Gasteiger partial charge on any atom is -0.325 e. The van der Waals surface area contributed by atoms with Crippen molar-refractivity contribution < 1.29 is 4.79 Å². The van der Waals surface area contributed by atoms with Crippen LogP contribution in [-0.2, 0) is 6.54 Å². The second-order valence-electron chi connectivity index (χ2n) is 2.17. The van der Waals surface area contributed by atoms with Crippen molar-refractivity contribution in [2.24, 2.45) is 5.73 Å². The molecule has 1 aromatic rings. The molecule has 11 heavy (non-hydrogen) atoms. The van der Waals surface area contributed by atoms with E-state index in [0.29, 0.717) is 5.69 Å². The highest BCUT2D eigenvalue weighted by molar-refractivity contribution is 5.75. The molecule has 5 nitrogen and oxygen atoms in total. The summed E-state index contributed by atoms with van der Waals surface area (Å²) < 4.78 is 1.14. The van der Waals surface area contributed by atoms with Crippen molar-refractivity contribution in [1.82, 2.24) is 9.78 Å². The fourth-order valence-electron chi connectivity index (χ4n) is 0.861. The number of nitrogens with one attached hydrogen (secondary N) is 1. The number of nitrogens with two attached hydrogens (primary N) is 1. The highest BCUT2D eigenvalue weighted by Crippen LogP contribution is 1.91. The predicted octanol–water partition coefficient (Wildman–Crippen LogP) is -0.705. The van der Waals surface area contributed by atoms with Gasteiger partial charge in [-0.15, -0.1) is 0 Å². The first-order valence-electron chi connectivity index (χ1n) is 3.17. The number of nitrogens with zero attached hydrogens (tertiary/aromatic N) is 1. The van der Waals surface area contributed by atoms with Crippen LogP contribution in [0.4, 0.5) is 0 Å². The van der Waals surface area contributed by atoms with Crippen LogP contribution in [0.1, 0.15) is 17.4 Å². The van der Waals surface area contributed by atoms with Gasteiger partial charge < -0.3 is 5.73 Å². The van der Waals surface area contributed by atoms with Gasteiger partial charge in [-0.25, -0.2) is 4.68 Å². The molecule has 5 heteroatoms. The SMILES string of the molecule is CC(=O)n1[nH]c(=O)cc1CN. The van der Waals surface area contributed by atoms with Gasteiger partial charge in [0, 0.05) is 19.5 Å². The topological polar surface area (TPSA) is 80.9 Å². The number of aromatic nitrogens is 2. The maximum atomic E-state index is 10.8. The van der Waals surface area contributed by atoms with Crippen molar-refractivity contribution in [2.75, 3.05) is 0 Å². The molecule has 0 fully saturated rings. The fraction of sp³-hybridized carbons (Fsp3) is 0.333. The van der Waals surface area contributed by atoms with Crippen LogP contribution in [-0.4, -0.2) is 15.7 Å². The van der Waals surface area contributed by atoms with Crippen molar-refractivity contribution >= 4 is 5.91 Å². The molecule has 0 saturated heterocycles. The van der Waals surface area contributed by atoms with Crippen LogP contribution in [0.15, 0.2) is 10.9 Å². The maximum Gasteiger partial charge on any atom is 0.264 e. The van der Waals surface area contributed by atoms with E-state index in [1.807, 2.05) is 0 Å². The van der Waals surface area contributed by atoms with Crippen LogP contribution < -0.4 is 11.3 Å². The number of aromatic amines is 1. The minimum atomic E-state index is -0.305. The molecule has 0 aromatic carbocycles. The standard InChI is InChI=1S/C6H9N3O2/c1-4(10)9-5(3-7)2-6(11)8-9/h2H,3,7H2,1H3,(H,8,11). The van der Waals surface area contributed by atoms with Crippen LogP contribution in [0, 0.1) is 0 Å². The van der Waals surface area contributed by atoms with E-state index < -0.39 is 0 Å². The van der Waals surface area contributed by atoms with Crippen LogP contribution in [0.5, 0.6) is 0 Å². The van der Waals surface area contributed by atoms with E-state index in [2.05, 4.69) is 5.10 Å². The summed E-state index contributed by atoms with van der Waals surface area (Å²) in [5.41, 5.74) is 5.47. The van der Waals surface area contributed by atoms with Crippen molar-refractivity contribution in [1.29, 1.82) is 0 Å². The highest BCUT2D eigenvalue weighted by atomic mass is 16.2. The highest BCUT2D eigenvalue weighted by Gasteiger charge is 2.04. The van der Waals surface area contributed by atoms with Crippen LogP contribution in [0.2, 0.25) is 0 Å². The molecule has 60 valence electrons. The molecular formula is C6H9N3O2. The van der Waals surface area contributed by atoms with Gasteiger partial charge in [0.2, 0.25) is 5.91 Å². The normalized spacial score (nSPS) is 10.0. The van der Waals surface area contributed by atoms with E-state index in [9.17, 15) is 9.59 Å². The molecule has 0 radical (unpaired) electrons.